The molecule has 0 unspecified atom stereocenters. The van der Waals surface area contributed by atoms with Crippen molar-refractivity contribution in [3.8, 4) is 0 Å². The van der Waals surface area contributed by atoms with Crippen LogP contribution in [0.2, 0.25) is 0 Å². The lowest BCUT2D eigenvalue weighted by Crippen LogP contribution is -2.40. The smallest absolute Gasteiger partial charge is 0.246 e. The minimum absolute atomic E-state index is 0.152. The monoisotopic (exact) mass is 347 g/mol. The summed E-state index contributed by atoms with van der Waals surface area (Å²) in [6.07, 6.45) is 0.625. The van der Waals surface area contributed by atoms with Gasteiger partial charge in [-0.1, -0.05) is 13.8 Å². The molecule has 2 aromatic heterocycles. The highest BCUT2D eigenvalue weighted by Gasteiger charge is 2.28. The third-order valence-electron chi connectivity index (χ3n) is 4.60. The molecule has 0 spiro atoms. The van der Waals surface area contributed by atoms with E-state index in [9.17, 15) is 0 Å². The van der Waals surface area contributed by atoms with Gasteiger partial charge < -0.3 is 14.1 Å². The lowest BCUT2D eigenvalue weighted by atomic mass is 10.1. The van der Waals surface area contributed by atoms with Crippen molar-refractivity contribution in [1.29, 1.82) is 0 Å². The SMILES string of the molecule is Cc1nn(CC(C)C)c(C)c1Cc1nnc([C@H]2CN(C)C[C@@H](C)O2)o1. The van der Waals surface area contributed by atoms with E-state index in [2.05, 4.69) is 59.6 Å². The van der Waals surface area contributed by atoms with Gasteiger partial charge in [-0.3, -0.25) is 4.68 Å². The number of ether oxygens (including phenoxy) is 1. The lowest BCUT2D eigenvalue weighted by molar-refractivity contribution is -0.0825. The minimum atomic E-state index is -0.152. The van der Waals surface area contributed by atoms with Gasteiger partial charge in [0.2, 0.25) is 11.8 Å². The van der Waals surface area contributed by atoms with E-state index in [0.29, 0.717) is 24.1 Å². The van der Waals surface area contributed by atoms with Crippen LogP contribution >= 0.6 is 0 Å². The van der Waals surface area contributed by atoms with Crippen molar-refractivity contribution in [3.63, 3.8) is 0 Å². The first-order valence-corrected chi connectivity index (χ1v) is 9.02. The summed E-state index contributed by atoms with van der Waals surface area (Å²) >= 11 is 0. The van der Waals surface area contributed by atoms with Crippen molar-refractivity contribution in [2.45, 2.75) is 59.8 Å². The van der Waals surface area contributed by atoms with Crippen LogP contribution in [0.4, 0.5) is 0 Å². The first kappa shape index (κ1) is 18.1. The predicted molar refractivity (Wildman–Crippen MR) is 94.4 cm³/mol. The second-order valence-electron chi connectivity index (χ2n) is 7.59. The molecule has 0 aliphatic carbocycles. The van der Waals surface area contributed by atoms with Crippen LogP contribution < -0.4 is 0 Å². The molecule has 0 amide bonds. The van der Waals surface area contributed by atoms with Gasteiger partial charge in [0, 0.05) is 30.9 Å². The summed E-state index contributed by atoms with van der Waals surface area (Å²) in [6, 6.07) is 0. The van der Waals surface area contributed by atoms with Crippen LogP contribution in [0.5, 0.6) is 0 Å². The molecular weight excluding hydrogens is 318 g/mol. The fourth-order valence-electron chi connectivity index (χ4n) is 3.43. The Morgan fingerprint density at radius 1 is 1.20 bits per heavy atom. The van der Waals surface area contributed by atoms with Gasteiger partial charge >= 0.3 is 0 Å². The number of aromatic nitrogens is 4. The van der Waals surface area contributed by atoms with Gasteiger partial charge in [-0.25, -0.2) is 0 Å². The van der Waals surface area contributed by atoms with Gasteiger partial charge in [0.25, 0.3) is 0 Å². The second kappa shape index (κ2) is 7.25. The van der Waals surface area contributed by atoms with E-state index in [1.54, 1.807) is 0 Å². The highest BCUT2D eigenvalue weighted by Crippen LogP contribution is 2.25. The van der Waals surface area contributed by atoms with E-state index in [0.717, 1.165) is 25.3 Å². The van der Waals surface area contributed by atoms with Crippen LogP contribution in [0.25, 0.3) is 0 Å². The van der Waals surface area contributed by atoms with Crippen molar-refractivity contribution < 1.29 is 9.15 Å². The second-order valence-corrected chi connectivity index (χ2v) is 7.59. The van der Waals surface area contributed by atoms with Gasteiger partial charge in [-0.15, -0.1) is 10.2 Å². The third-order valence-corrected chi connectivity index (χ3v) is 4.60. The Bertz CT molecular complexity index is 711. The average Bonchev–Trinajstić information content (AvgIpc) is 3.07. The molecule has 0 radical (unpaired) electrons. The summed E-state index contributed by atoms with van der Waals surface area (Å²) in [4.78, 5) is 2.23. The molecule has 138 valence electrons. The first-order chi connectivity index (χ1) is 11.8. The molecule has 7 heteroatoms. The Hall–Kier alpha value is -1.73. The van der Waals surface area contributed by atoms with Crippen LogP contribution in [-0.4, -0.2) is 51.1 Å². The molecule has 7 nitrogen and oxygen atoms in total. The Morgan fingerprint density at radius 2 is 1.96 bits per heavy atom. The van der Waals surface area contributed by atoms with E-state index in [1.807, 2.05) is 6.92 Å². The van der Waals surface area contributed by atoms with Crippen LogP contribution in [0, 0.1) is 19.8 Å². The van der Waals surface area contributed by atoms with Gasteiger partial charge in [-0.05, 0) is 33.7 Å². The van der Waals surface area contributed by atoms with Crippen molar-refractivity contribution in [2.75, 3.05) is 20.1 Å². The summed E-state index contributed by atoms with van der Waals surface area (Å²) in [5, 5.41) is 13.1. The van der Waals surface area contributed by atoms with Crippen molar-refractivity contribution >= 4 is 0 Å². The molecule has 0 N–H and O–H groups in total. The quantitative estimate of drug-likeness (QED) is 0.828. The standard InChI is InChI=1S/C18H29N5O2/c1-11(2)8-23-14(5)15(13(4)21-23)7-17-19-20-18(25-17)16-10-22(6)9-12(3)24-16/h11-12,16H,7-10H2,1-6H3/t12-,16-/m1/s1. The lowest BCUT2D eigenvalue weighted by Gasteiger charge is -2.32. The zero-order chi connectivity index (χ0) is 18.1. The number of rotatable bonds is 5. The molecule has 2 aromatic rings. The summed E-state index contributed by atoms with van der Waals surface area (Å²) in [7, 11) is 2.08. The van der Waals surface area contributed by atoms with Gasteiger partial charge in [0.1, 0.15) is 6.10 Å². The maximum absolute atomic E-state index is 5.95. The highest BCUT2D eigenvalue weighted by atomic mass is 16.5. The average molecular weight is 347 g/mol. The van der Waals surface area contributed by atoms with Crippen LogP contribution in [0.1, 0.15) is 55.6 Å². The summed E-state index contributed by atoms with van der Waals surface area (Å²) in [5.41, 5.74) is 3.37. The molecule has 0 aromatic carbocycles. The number of aryl methyl sites for hydroxylation is 1. The molecule has 1 saturated heterocycles. The third kappa shape index (κ3) is 4.10. The predicted octanol–water partition coefficient (Wildman–Crippen LogP) is 2.52. The molecule has 3 heterocycles. The Balaban J connectivity index is 1.75. The molecule has 0 saturated carbocycles. The molecule has 1 aliphatic heterocycles. The van der Waals surface area contributed by atoms with Gasteiger partial charge in [-0.2, -0.15) is 5.10 Å². The Morgan fingerprint density at radius 3 is 2.64 bits per heavy atom. The summed E-state index contributed by atoms with van der Waals surface area (Å²) in [6.45, 7) is 13.2. The molecule has 0 bridgehead atoms. The van der Waals surface area contributed by atoms with Gasteiger partial charge in [0.05, 0.1) is 18.2 Å². The summed E-state index contributed by atoms with van der Waals surface area (Å²) < 4.78 is 13.9. The molecule has 3 rings (SSSR count). The largest absolute Gasteiger partial charge is 0.422 e. The number of nitrogens with zero attached hydrogens (tertiary/aromatic N) is 5. The van der Waals surface area contributed by atoms with Crippen molar-refractivity contribution in [1.82, 2.24) is 24.9 Å². The molecular formula is C18H29N5O2. The molecule has 1 aliphatic rings. The van der Waals surface area contributed by atoms with E-state index in [4.69, 9.17) is 9.15 Å². The van der Waals surface area contributed by atoms with Crippen LogP contribution in [0.15, 0.2) is 4.42 Å². The number of morpholine rings is 1. The highest BCUT2D eigenvalue weighted by molar-refractivity contribution is 5.27. The maximum atomic E-state index is 5.95. The van der Waals surface area contributed by atoms with E-state index in [-0.39, 0.29) is 12.2 Å². The zero-order valence-corrected chi connectivity index (χ0v) is 16.1. The number of hydrogen-bond donors (Lipinski definition) is 0. The van der Waals surface area contributed by atoms with Crippen LogP contribution in [0.3, 0.4) is 0 Å². The topological polar surface area (TPSA) is 69.2 Å². The van der Waals surface area contributed by atoms with E-state index in [1.165, 1.54) is 11.3 Å². The van der Waals surface area contributed by atoms with Gasteiger partial charge in [0.15, 0.2) is 0 Å². The maximum Gasteiger partial charge on any atom is 0.246 e. The molecule has 2 atom stereocenters. The van der Waals surface area contributed by atoms with Crippen LogP contribution in [-0.2, 0) is 17.7 Å². The summed E-state index contributed by atoms with van der Waals surface area (Å²) in [5.74, 6) is 1.75. The minimum Gasteiger partial charge on any atom is -0.422 e. The number of likely N-dealkylation sites (N-methyl/N-ethyl adjacent to an activating group) is 1. The number of hydrogen-bond acceptors (Lipinski definition) is 6. The zero-order valence-electron chi connectivity index (χ0n) is 16.1. The molecule has 1 fully saturated rings. The van der Waals surface area contributed by atoms with Crippen molar-refractivity contribution in [2.24, 2.45) is 5.92 Å². The van der Waals surface area contributed by atoms with Crippen molar-refractivity contribution in [3.05, 3.63) is 28.7 Å². The van der Waals surface area contributed by atoms with E-state index >= 15 is 0 Å². The Labute approximate surface area is 149 Å². The fourth-order valence-corrected chi connectivity index (χ4v) is 3.43. The Kier molecular flexibility index (Phi) is 5.24. The normalized spacial score (nSPS) is 22.0. The molecule has 25 heavy (non-hydrogen) atoms. The fraction of sp³-hybridized carbons (Fsp3) is 0.722. The van der Waals surface area contributed by atoms with E-state index < -0.39 is 0 Å². The first-order valence-electron chi connectivity index (χ1n) is 9.02.